The minimum atomic E-state index is -0.817. The van der Waals surface area contributed by atoms with Gasteiger partial charge in [-0.2, -0.15) is 0 Å². The van der Waals surface area contributed by atoms with Crippen molar-refractivity contribution in [1.82, 2.24) is 0 Å². The van der Waals surface area contributed by atoms with E-state index in [9.17, 15) is 19.3 Å². The van der Waals surface area contributed by atoms with Crippen molar-refractivity contribution in [1.29, 1.82) is 0 Å². The number of halogens is 1. The second-order valence-electron chi connectivity index (χ2n) is 4.51. The monoisotopic (exact) mass is 289 g/mol. The molecule has 2 rings (SSSR count). The van der Waals surface area contributed by atoms with Gasteiger partial charge in [0.25, 0.3) is 5.69 Å². The van der Waals surface area contributed by atoms with Crippen molar-refractivity contribution in [3.8, 4) is 11.5 Å². The number of ketones is 1. The average molecular weight is 289 g/mol. The van der Waals surface area contributed by atoms with Gasteiger partial charge in [-0.25, -0.2) is 4.39 Å². The van der Waals surface area contributed by atoms with Gasteiger partial charge in [0.1, 0.15) is 5.75 Å². The Morgan fingerprint density at radius 2 is 1.86 bits per heavy atom. The van der Waals surface area contributed by atoms with E-state index in [1.807, 2.05) is 0 Å². The van der Waals surface area contributed by atoms with Crippen LogP contribution in [-0.4, -0.2) is 10.7 Å². The number of ether oxygens (including phenoxy) is 1. The second-order valence-corrected chi connectivity index (χ2v) is 4.51. The number of Topliss-reactive ketones (excluding diaryl/α,β-unsaturated/α-hetero) is 1. The van der Waals surface area contributed by atoms with E-state index in [0.29, 0.717) is 16.9 Å². The van der Waals surface area contributed by atoms with Crippen LogP contribution in [0.1, 0.15) is 22.8 Å². The molecule has 0 aliphatic heterocycles. The summed E-state index contributed by atoms with van der Waals surface area (Å²) in [6.45, 7) is 2.94. The van der Waals surface area contributed by atoms with Crippen LogP contribution in [0.15, 0.2) is 36.4 Å². The van der Waals surface area contributed by atoms with Gasteiger partial charge in [0.05, 0.1) is 11.0 Å². The van der Waals surface area contributed by atoms with Crippen molar-refractivity contribution in [2.24, 2.45) is 0 Å². The Morgan fingerprint density at radius 3 is 2.38 bits per heavy atom. The maximum Gasteiger partial charge on any atom is 0.275 e. The maximum atomic E-state index is 13.8. The van der Waals surface area contributed by atoms with Crippen LogP contribution in [-0.2, 0) is 0 Å². The third kappa shape index (κ3) is 3.22. The molecule has 0 fully saturated rings. The highest BCUT2D eigenvalue weighted by molar-refractivity contribution is 5.94. The summed E-state index contributed by atoms with van der Waals surface area (Å²) in [6, 6.07) is 8.29. The number of nitro benzene ring substituents is 1. The number of carbonyl (C=O) groups excluding carboxylic acids is 1. The summed E-state index contributed by atoms with van der Waals surface area (Å²) in [5, 5.41) is 10.7. The third-order valence-electron chi connectivity index (χ3n) is 2.94. The van der Waals surface area contributed by atoms with Gasteiger partial charge in [0, 0.05) is 11.1 Å². The molecule has 0 atom stereocenters. The number of benzene rings is 2. The van der Waals surface area contributed by atoms with Crippen molar-refractivity contribution in [2.45, 2.75) is 13.8 Å². The normalized spacial score (nSPS) is 10.2. The summed E-state index contributed by atoms with van der Waals surface area (Å²) in [7, 11) is 0. The van der Waals surface area contributed by atoms with Gasteiger partial charge in [0.15, 0.2) is 17.3 Å². The lowest BCUT2D eigenvalue weighted by Crippen LogP contribution is -1.96. The molecule has 5 nitrogen and oxygen atoms in total. The van der Waals surface area contributed by atoms with E-state index in [0.717, 1.165) is 6.07 Å². The SMILES string of the molecule is CC(=O)c1ccc(Oc2cc(C)c([N+](=O)[O-])cc2F)cc1. The maximum absolute atomic E-state index is 13.8. The molecule has 6 heteroatoms. The predicted octanol–water partition coefficient (Wildman–Crippen LogP) is 4.04. The van der Waals surface area contributed by atoms with E-state index in [2.05, 4.69) is 0 Å². The van der Waals surface area contributed by atoms with Crippen molar-refractivity contribution >= 4 is 11.5 Å². The molecule has 0 heterocycles. The number of nitrogens with zero attached hydrogens (tertiary/aromatic N) is 1. The lowest BCUT2D eigenvalue weighted by atomic mass is 10.1. The molecule has 21 heavy (non-hydrogen) atoms. The number of hydrogen-bond donors (Lipinski definition) is 0. The second kappa shape index (κ2) is 5.70. The van der Waals surface area contributed by atoms with E-state index in [1.165, 1.54) is 32.0 Å². The van der Waals surface area contributed by atoms with Crippen LogP contribution in [0.5, 0.6) is 11.5 Å². The first-order valence-electron chi connectivity index (χ1n) is 6.12. The topological polar surface area (TPSA) is 69.4 Å². The van der Waals surface area contributed by atoms with Gasteiger partial charge in [-0.3, -0.25) is 14.9 Å². The molecular formula is C15H12FNO4. The molecule has 0 aliphatic carbocycles. The Labute approximate surface area is 120 Å². The molecule has 0 saturated carbocycles. The summed E-state index contributed by atoms with van der Waals surface area (Å²) >= 11 is 0. The Balaban J connectivity index is 2.29. The van der Waals surface area contributed by atoms with Crippen molar-refractivity contribution in [3.63, 3.8) is 0 Å². The molecule has 2 aromatic carbocycles. The first-order chi connectivity index (χ1) is 9.88. The number of aryl methyl sites for hydroxylation is 1. The zero-order valence-electron chi connectivity index (χ0n) is 11.4. The highest BCUT2D eigenvalue weighted by Gasteiger charge is 2.16. The van der Waals surface area contributed by atoms with Crippen LogP contribution >= 0.6 is 0 Å². The van der Waals surface area contributed by atoms with E-state index in [4.69, 9.17) is 4.74 Å². The van der Waals surface area contributed by atoms with Gasteiger partial charge in [-0.15, -0.1) is 0 Å². The standard InChI is InChI=1S/C15H12FNO4/c1-9-7-15(13(16)8-14(9)17(19)20)21-12-5-3-11(4-6-12)10(2)18/h3-8H,1-2H3. The lowest BCUT2D eigenvalue weighted by molar-refractivity contribution is -0.385. The van der Waals surface area contributed by atoms with Crippen molar-refractivity contribution in [3.05, 3.63) is 63.5 Å². The zero-order valence-corrected chi connectivity index (χ0v) is 11.4. The van der Waals surface area contributed by atoms with Gasteiger partial charge in [-0.05, 0) is 44.2 Å². The fourth-order valence-electron chi connectivity index (χ4n) is 1.80. The largest absolute Gasteiger partial charge is 0.454 e. The highest BCUT2D eigenvalue weighted by Crippen LogP contribution is 2.30. The Morgan fingerprint density at radius 1 is 1.24 bits per heavy atom. The molecule has 0 aromatic heterocycles. The van der Waals surface area contributed by atoms with Crippen LogP contribution in [0.3, 0.4) is 0 Å². The fraction of sp³-hybridized carbons (Fsp3) is 0.133. The van der Waals surface area contributed by atoms with E-state index < -0.39 is 10.7 Å². The van der Waals surface area contributed by atoms with E-state index in [1.54, 1.807) is 12.1 Å². The molecule has 0 saturated heterocycles. The molecule has 2 aromatic rings. The molecule has 0 spiro atoms. The fourth-order valence-corrected chi connectivity index (χ4v) is 1.80. The van der Waals surface area contributed by atoms with Crippen LogP contribution in [0.25, 0.3) is 0 Å². The minimum absolute atomic E-state index is 0.0843. The molecule has 0 N–H and O–H groups in total. The Kier molecular flexibility index (Phi) is 3.98. The van der Waals surface area contributed by atoms with Gasteiger partial charge in [-0.1, -0.05) is 0 Å². The number of carbonyl (C=O) groups is 1. The summed E-state index contributed by atoms with van der Waals surface area (Å²) in [4.78, 5) is 21.2. The summed E-state index contributed by atoms with van der Waals surface area (Å²) in [5.74, 6) is -0.664. The lowest BCUT2D eigenvalue weighted by Gasteiger charge is -2.08. The van der Waals surface area contributed by atoms with Gasteiger partial charge in [0.2, 0.25) is 0 Å². The summed E-state index contributed by atoms with van der Waals surface area (Å²) in [5.41, 5.74) is 0.520. The van der Waals surface area contributed by atoms with Gasteiger partial charge < -0.3 is 4.74 Å². The molecule has 0 amide bonds. The van der Waals surface area contributed by atoms with Gasteiger partial charge >= 0.3 is 0 Å². The molecular weight excluding hydrogens is 277 g/mol. The Bertz CT molecular complexity index is 710. The third-order valence-corrected chi connectivity index (χ3v) is 2.94. The summed E-state index contributed by atoms with van der Waals surface area (Å²) < 4.78 is 19.2. The minimum Gasteiger partial charge on any atom is -0.454 e. The molecule has 0 radical (unpaired) electrons. The number of rotatable bonds is 4. The van der Waals surface area contributed by atoms with Crippen LogP contribution in [0, 0.1) is 22.9 Å². The Hall–Kier alpha value is -2.76. The quantitative estimate of drug-likeness (QED) is 0.484. The highest BCUT2D eigenvalue weighted by atomic mass is 19.1. The average Bonchev–Trinajstić information content (AvgIpc) is 2.42. The van der Waals surface area contributed by atoms with Crippen LogP contribution in [0.2, 0.25) is 0 Å². The van der Waals surface area contributed by atoms with E-state index >= 15 is 0 Å². The smallest absolute Gasteiger partial charge is 0.275 e. The first-order valence-corrected chi connectivity index (χ1v) is 6.12. The molecule has 108 valence electrons. The first kappa shape index (κ1) is 14.6. The van der Waals surface area contributed by atoms with E-state index in [-0.39, 0.29) is 17.2 Å². The number of nitro groups is 1. The zero-order chi connectivity index (χ0) is 15.6. The summed E-state index contributed by atoms with van der Waals surface area (Å²) in [6.07, 6.45) is 0. The molecule has 0 unspecified atom stereocenters. The number of hydrogen-bond acceptors (Lipinski definition) is 4. The van der Waals surface area contributed by atoms with Crippen LogP contribution < -0.4 is 4.74 Å². The van der Waals surface area contributed by atoms with Crippen LogP contribution in [0.4, 0.5) is 10.1 Å². The van der Waals surface area contributed by atoms with Crippen molar-refractivity contribution in [2.75, 3.05) is 0 Å². The molecule has 0 bridgehead atoms. The molecule has 0 aliphatic rings. The van der Waals surface area contributed by atoms with Crippen molar-refractivity contribution < 1.29 is 18.8 Å². The predicted molar refractivity (Wildman–Crippen MR) is 74.3 cm³/mol.